The lowest BCUT2D eigenvalue weighted by Crippen LogP contribution is -2.17. The van der Waals surface area contributed by atoms with Gasteiger partial charge >= 0.3 is 0 Å². The molecule has 0 bridgehead atoms. The van der Waals surface area contributed by atoms with Crippen LogP contribution in [-0.2, 0) is 12.5 Å². The van der Waals surface area contributed by atoms with Crippen molar-refractivity contribution in [3.8, 4) is 11.4 Å². The van der Waals surface area contributed by atoms with E-state index in [0.717, 1.165) is 22.8 Å². The Balaban J connectivity index is 2.72. The summed E-state index contributed by atoms with van der Waals surface area (Å²) in [4.78, 5) is 7.81. The molecule has 0 radical (unpaired) electrons. The van der Waals surface area contributed by atoms with Crippen LogP contribution in [0.4, 0.5) is 0 Å². The van der Waals surface area contributed by atoms with Crippen LogP contribution in [0.1, 0.15) is 32.2 Å². The zero-order chi connectivity index (χ0) is 13.5. The molecule has 0 aliphatic heterocycles. The van der Waals surface area contributed by atoms with Crippen LogP contribution >= 0.6 is 12.2 Å². The first-order chi connectivity index (χ1) is 8.30. The van der Waals surface area contributed by atoms with Crippen molar-refractivity contribution in [1.82, 2.24) is 25.0 Å². The Labute approximate surface area is 111 Å². The normalized spacial score (nSPS) is 11.8. The van der Waals surface area contributed by atoms with Gasteiger partial charge in [0.25, 0.3) is 0 Å². The summed E-state index contributed by atoms with van der Waals surface area (Å²) in [5, 5.41) is 7.85. The molecular weight excluding hydrogens is 246 g/mol. The van der Waals surface area contributed by atoms with Crippen molar-refractivity contribution in [2.24, 2.45) is 7.05 Å². The summed E-state index contributed by atoms with van der Waals surface area (Å²) < 4.78 is 2.34. The molecule has 6 heteroatoms. The predicted molar refractivity (Wildman–Crippen MR) is 72.9 cm³/mol. The summed E-state index contributed by atoms with van der Waals surface area (Å²) in [5.74, 6) is 0.870. The lowest BCUT2D eigenvalue weighted by Gasteiger charge is -2.19. The van der Waals surface area contributed by atoms with Crippen LogP contribution in [-0.4, -0.2) is 25.0 Å². The summed E-state index contributed by atoms with van der Waals surface area (Å²) in [5.41, 5.74) is 2.71. The smallest absolute Gasteiger partial charge is 0.133 e. The molecule has 0 atom stereocenters. The van der Waals surface area contributed by atoms with Crippen LogP contribution in [0.3, 0.4) is 0 Å². The van der Waals surface area contributed by atoms with Gasteiger partial charge in [0.2, 0.25) is 0 Å². The first kappa shape index (κ1) is 12.9. The Morgan fingerprint density at radius 3 is 2.50 bits per heavy atom. The third kappa shape index (κ3) is 2.20. The van der Waals surface area contributed by atoms with Gasteiger partial charge in [-0.1, -0.05) is 38.2 Å². The zero-order valence-corrected chi connectivity index (χ0v) is 12.1. The van der Waals surface area contributed by atoms with E-state index >= 15 is 0 Å². The molecule has 1 N–H and O–H groups in total. The van der Waals surface area contributed by atoms with Crippen LogP contribution in [0.5, 0.6) is 0 Å². The Bertz CT molecular complexity index is 633. The molecule has 0 spiro atoms. The molecule has 0 aliphatic carbocycles. The van der Waals surface area contributed by atoms with Gasteiger partial charge in [0, 0.05) is 18.0 Å². The molecule has 0 fully saturated rings. The molecule has 0 aromatic carbocycles. The first-order valence-corrected chi connectivity index (χ1v) is 6.18. The molecule has 5 nitrogen and oxygen atoms in total. The fourth-order valence-corrected chi connectivity index (χ4v) is 1.85. The molecule has 2 aromatic rings. The Kier molecular flexibility index (Phi) is 3.06. The molecule has 2 aromatic heterocycles. The molecule has 0 saturated heterocycles. The predicted octanol–water partition coefficient (Wildman–Crippen LogP) is 2.54. The highest BCUT2D eigenvalue weighted by atomic mass is 32.1. The number of aryl methyl sites for hydroxylation is 1. The average Bonchev–Trinajstić information content (AvgIpc) is 2.67. The van der Waals surface area contributed by atoms with E-state index in [1.807, 2.05) is 14.0 Å². The van der Waals surface area contributed by atoms with Gasteiger partial charge in [-0.15, -0.1) is 5.10 Å². The number of rotatable bonds is 1. The first-order valence-electron chi connectivity index (χ1n) is 5.77. The average molecular weight is 263 g/mol. The van der Waals surface area contributed by atoms with Crippen molar-refractivity contribution >= 4 is 12.2 Å². The standard InChI is InChI=1S/C12H17N5S/c1-7-9(8-6-13-16-17(8)5)14-11(12(2,3)4)15-10(7)18/h6H,1-5H3,(H,14,15,18). The number of hydrogen-bond donors (Lipinski definition) is 1. The summed E-state index contributed by atoms with van der Waals surface area (Å²) in [6.45, 7) is 8.25. The maximum absolute atomic E-state index is 5.33. The van der Waals surface area contributed by atoms with Gasteiger partial charge in [-0.3, -0.25) is 0 Å². The Hall–Kier alpha value is -1.56. The lowest BCUT2D eigenvalue weighted by molar-refractivity contribution is 0.544. The van der Waals surface area contributed by atoms with E-state index in [1.165, 1.54) is 0 Å². The highest BCUT2D eigenvalue weighted by Crippen LogP contribution is 2.24. The SMILES string of the molecule is Cc1c(-c2cnnn2C)[nH]c(C(C)(C)C)nc1=S. The number of aromatic nitrogens is 5. The number of nitrogens with zero attached hydrogens (tertiary/aromatic N) is 4. The second kappa shape index (κ2) is 4.28. The summed E-state index contributed by atoms with van der Waals surface area (Å²) in [6, 6.07) is 0. The van der Waals surface area contributed by atoms with Crippen molar-refractivity contribution in [2.45, 2.75) is 33.1 Å². The molecule has 96 valence electrons. The Morgan fingerprint density at radius 1 is 1.33 bits per heavy atom. The van der Waals surface area contributed by atoms with Gasteiger partial charge in [0.15, 0.2) is 0 Å². The van der Waals surface area contributed by atoms with E-state index in [9.17, 15) is 0 Å². The largest absolute Gasteiger partial charge is 0.341 e. The van der Waals surface area contributed by atoms with E-state index in [2.05, 4.69) is 41.1 Å². The van der Waals surface area contributed by atoms with E-state index in [-0.39, 0.29) is 5.41 Å². The van der Waals surface area contributed by atoms with Crippen LogP contribution < -0.4 is 0 Å². The van der Waals surface area contributed by atoms with Gasteiger partial charge in [0.1, 0.15) is 16.2 Å². The van der Waals surface area contributed by atoms with Gasteiger partial charge in [-0.25, -0.2) is 9.67 Å². The van der Waals surface area contributed by atoms with E-state index < -0.39 is 0 Å². The maximum atomic E-state index is 5.33. The summed E-state index contributed by atoms with van der Waals surface area (Å²) in [7, 11) is 1.86. The zero-order valence-electron chi connectivity index (χ0n) is 11.3. The maximum Gasteiger partial charge on any atom is 0.133 e. The van der Waals surface area contributed by atoms with Gasteiger partial charge in [-0.05, 0) is 6.92 Å². The molecule has 2 heterocycles. The minimum atomic E-state index is -0.0813. The lowest BCUT2D eigenvalue weighted by atomic mass is 9.95. The van der Waals surface area contributed by atoms with E-state index in [4.69, 9.17) is 12.2 Å². The van der Waals surface area contributed by atoms with Crippen LogP contribution in [0.25, 0.3) is 11.4 Å². The number of aromatic amines is 1. The highest BCUT2D eigenvalue weighted by Gasteiger charge is 2.19. The third-order valence-electron chi connectivity index (χ3n) is 2.83. The molecule has 0 aliphatic rings. The molecule has 0 unspecified atom stereocenters. The molecule has 2 rings (SSSR count). The minimum Gasteiger partial charge on any atom is -0.341 e. The van der Waals surface area contributed by atoms with Crippen molar-refractivity contribution < 1.29 is 0 Å². The highest BCUT2D eigenvalue weighted by molar-refractivity contribution is 7.71. The van der Waals surface area contributed by atoms with E-state index in [1.54, 1.807) is 10.9 Å². The number of H-pyrrole nitrogens is 1. The van der Waals surface area contributed by atoms with Gasteiger partial charge in [0.05, 0.1) is 11.9 Å². The topological polar surface area (TPSA) is 59.4 Å². The van der Waals surface area contributed by atoms with Crippen LogP contribution in [0.15, 0.2) is 6.20 Å². The molecular formula is C12H17N5S. The van der Waals surface area contributed by atoms with Crippen molar-refractivity contribution in [2.75, 3.05) is 0 Å². The minimum absolute atomic E-state index is 0.0813. The summed E-state index contributed by atoms with van der Waals surface area (Å²) in [6.07, 6.45) is 1.72. The molecule has 0 amide bonds. The Morgan fingerprint density at radius 2 is 2.00 bits per heavy atom. The van der Waals surface area contributed by atoms with Crippen molar-refractivity contribution in [3.63, 3.8) is 0 Å². The second-order valence-corrected chi connectivity index (χ2v) is 5.77. The fourth-order valence-electron chi connectivity index (χ4n) is 1.66. The second-order valence-electron chi connectivity index (χ2n) is 5.38. The van der Waals surface area contributed by atoms with Gasteiger partial charge in [-0.2, -0.15) is 0 Å². The third-order valence-corrected chi connectivity index (χ3v) is 3.23. The van der Waals surface area contributed by atoms with Crippen LogP contribution in [0, 0.1) is 11.6 Å². The van der Waals surface area contributed by atoms with Gasteiger partial charge < -0.3 is 4.98 Å². The van der Waals surface area contributed by atoms with Crippen molar-refractivity contribution in [1.29, 1.82) is 0 Å². The quantitative estimate of drug-likeness (QED) is 0.803. The summed E-state index contributed by atoms with van der Waals surface area (Å²) >= 11 is 5.33. The number of hydrogen-bond acceptors (Lipinski definition) is 4. The number of nitrogens with one attached hydrogen (secondary N) is 1. The molecule has 18 heavy (non-hydrogen) atoms. The van der Waals surface area contributed by atoms with Crippen LogP contribution in [0.2, 0.25) is 0 Å². The van der Waals surface area contributed by atoms with Crippen molar-refractivity contribution in [3.05, 3.63) is 22.2 Å². The fraction of sp³-hybridized carbons (Fsp3) is 0.500. The van der Waals surface area contributed by atoms with E-state index in [0.29, 0.717) is 4.64 Å². The monoisotopic (exact) mass is 263 g/mol. The molecule has 0 saturated carbocycles.